The van der Waals surface area contributed by atoms with Gasteiger partial charge in [-0.15, -0.1) is 21.5 Å². The lowest BCUT2D eigenvalue weighted by Crippen LogP contribution is -2.15. The second-order valence-corrected chi connectivity index (χ2v) is 8.83. The number of thiazole rings is 1. The first-order valence-electron chi connectivity index (χ1n) is 8.94. The lowest BCUT2D eigenvalue weighted by molar-refractivity contribution is -0.113. The van der Waals surface area contributed by atoms with E-state index in [0.717, 1.165) is 28.1 Å². The molecule has 2 aromatic heterocycles. The highest BCUT2D eigenvalue weighted by atomic mass is 32.2. The van der Waals surface area contributed by atoms with Crippen molar-refractivity contribution in [3.8, 4) is 0 Å². The van der Waals surface area contributed by atoms with Crippen molar-refractivity contribution in [3.63, 3.8) is 0 Å². The van der Waals surface area contributed by atoms with Crippen LogP contribution in [0.4, 0.5) is 5.13 Å². The van der Waals surface area contributed by atoms with Gasteiger partial charge in [0.25, 0.3) is 0 Å². The van der Waals surface area contributed by atoms with Crippen LogP contribution in [0.5, 0.6) is 0 Å². The van der Waals surface area contributed by atoms with Crippen molar-refractivity contribution in [1.29, 1.82) is 0 Å². The molecule has 0 saturated heterocycles. The Kier molecular flexibility index (Phi) is 5.27. The lowest BCUT2D eigenvalue weighted by Gasteiger charge is -2.10. The van der Waals surface area contributed by atoms with Gasteiger partial charge in [-0.3, -0.25) is 4.79 Å². The van der Waals surface area contributed by atoms with Gasteiger partial charge in [0.1, 0.15) is 5.82 Å². The average Bonchev–Trinajstić information content (AvgIpc) is 3.35. The molecular weight excluding hydrogens is 378 g/mol. The Balaban J connectivity index is 1.44. The summed E-state index contributed by atoms with van der Waals surface area (Å²) in [5, 5.41) is 13.1. The second kappa shape index (κ2) is 7.82. The van der Waals surface area contributed by atoms with Crippen LogP contribution in [0.2, 0.25) is 0 Å². The Labute approximate surface area is 166 Å². The molecule has 1 saturated carbocycles. The van der Waals surface area contributed by atoms with Gasteiger partial charge in [0.05, 0.1) is 18.0 Å². The molecule has 1 aliphatic rings. The highest BCUT2D eigenvalue weighted by Crippen LogP contribution is 2.40. The Morgan fingerprint density at radius 3 is 2.70 bits per heavy atom. The molecular formula is C19H21N5OS2. The predicted octanol–water partition coefficient (Wildman–Crippen LogP) is 4.01. The van der Waals surface area contributed by atoms with Gasteiger partial charge in [-0.25, -0.2) is 4.98 Å². The Morgan fingerprint density at radius 2 is 2.04 bits per heavy atom. The van der Waals surface area contributed by atoms with Gasteiger partial charge >= 0.3 is 0 Å². The summed E-state index contributed by atoms with van der Waals surface area (Å²) in [7, 11) is 0. The fourth-order valence-electron chi connectivity index (χ4n) is 2.78. The smallest absolute Gasteiger partial charge is 0.236 e. The fraction of sp³-hybridized carbons (Fsp3) is 0.368. The standard InChI is InChI=1S/C19H21N5OS2/c1-12-13(2)27-18(20-12)21-16(25)11-26-19-23-22-17(15-8-9-15)24(19)10-14-6-4-3-5-7-14/h3-7,15H,8-11H2,1-2H3,(H,20,21,25). The Bertz CT molecular complexity index is 927. The molecule has 2 heterocycles. The number of aryl methyl sites for hydroxylation is 2. The number of nitrogens with one attached hydrogen (secondary N) is 1. The zero-order valence-corrected chi connectivity index (χ0v) is 16.9. The predicted molar refractivity (Wildman–Crippen MR) is 108 cm³/mol. The molecule has 0 aliphatic heterocycles. The van der Waals surface area contributed by atoms with Crippen molar-refractivity contribution in [1.82, 2.24) is 19.7 Å². The Hall–Kier alpha value is -2.19. The highest BCUT2D eigenvalue weighted by Gasteiger charge is 2.30. The third-order valence-corrected chi connectivity index (χ3v) is 6.43. The number of carbonyl (C=O) groups is 1. The molecule has 1 amide bonds. The number of hydrogen-bond donors (Lipinski definition) is 1. The highest BCUT2D eigenvalue weighted by molar-refractivity contribution is 7.99. The fourth-order valence-corrected chi connectivity index (χ4v) is 4.35. The zero-order valence-electron chi connectivity index (χ0n) is 15.3. The number of thioether (sulfide) groups is 1. The third-order valence-electron chi connectivity index (χ3n) is 4.48. The van der Waals surface area contributed by atoms with E-state index in [1.54, 1.807) is 0 Å². The van der Waals surface area contributed by atoms with E-state index >= 15 is 0 Å². The molecule has 1 fully saturated rings. The van der Waals surface area contributed by atoms with Crippen molar-refractivity contribution < 1.29 is 4.79 Å². The largest absolute Gasteiger partial charge is 0.301 e. The van der Waals surface area contributed by atoms with Crippen LogP contribution in [0.3, 0.4) is 0 Å². The lowest BCUT2D eigenvalue weighted by atomic mass is 10.2. The summed E-state index contributed by atoms with van der Waals surface area (Å²) >= 11 is 2.92. The average molecular weight is 400 g/mol. The number of amides is 1. The first-order valence-corrected chi connectivity index (χ1v) is 10.7. The SMILES string of the molecule is Cc1nc(NC(=O)CSc2nnc(C3CC3)n2Cc2ccccc2)sc1C. The molecule has 4 rings (SSSR count). The number of aromatic nitrogens is 4. The summed E-state index contributed by atoms with van der Waals surface area (Å²) in [6.45, 7) is 4.68. The molecule has 0 bridgehead atoms. The number of rotatable bonds is 7. The monoisotopic (exact) mass is 399 g/mol. The summed E-state index contributed by atoms with van der Waals surface area (Å²) in [4.78, 5) is 17.8. The topological polar surface area (TPSA) is 72.7 Å². The van der Waals surface area contributed by atoms with Gasteiger partial charge in [-0.2, -0.15) is 0 Å². The molecule has 8 heteroatoms. The van der Waals surface area contributed by atoms with Crippen LogP contribution in [-0.4, -0.2) is 31.4 Å². The maximum absolute atomic E-state index is 12.3. The van der Waals surface area contributed by atoms with Crippen LogP contribution in [0.1, 0.15) is 40.7 Å². The van der Waals surface area contributed by atoms with Gasteiger partial charge in [-0.05, 0) is 32.3 Å². The van der Waals surface area contributed by atoms with E-state index in [1.165, 1.54) is 41.5 Å². The molecule has 1 aliphatic carbocycles. The number of nitrogens with zero attached hydrogens (tertiary/aromatic N) is 4. The number of anilines is 1. The second-order valence-electron chi connectivity index (χ2n) is 6.68. The van der Waals surface area contributed by atoms with Crippen LogP contribution in [0.15, 0.2) is 35.5 Å². The zero-order chi connectivity index (χ0) is 18.8. The van der Waals surface area contributed by atoms with E-state index < -0.39 is 0 Å². The third kappa shape index (κ3) is 4.39. The number of hydrogen-bond acceptors (Lipinski definition) is 6. The van der Waals surface area contributed by atoms with Gasteiger partial charge in [0.2, 0.25) is 5.91 Å². The summed E-state index contributed by atoms with van der Waals surface area (Å²) in [5.41, 5.74) is 2.17. The molecule has 1 aromatic carbocycles. The van der Waals surface area contributed by atoms with Crippen molar-refractivity contribution in [2.24, 2.45) is 0 Å². The molecule has 0 atom stereocenters. The molecule has 6 nitrogen and oxygen atoms in total. The quantitative estimate of drug-likeness (QED) is 0.608. The van der Waals surface area contributed by atoms with E-state index in [1.807, 2.05) is 32.0 Å². The molecule has 1 N–H and O–H groups in total. The molecule has 0 radical (unpaired) electrons. The summed E-state index contributed by atoms with van der Waals surface area (Å²) in [5.74, 6) is 1.75. The van der Waals surface area contributed by atoms with Crippen LogP contribution in [0.25, 0.3) is 0 Å². The molecule has 140 valence electrons. The summed E-state index contributed by atoms with van der Waals surface area (Å²) in [6.07, 6.45) is 2.33. The minimum absolute atomic E-state index is 0.0732. The van der Waals surface area contributed by atoms with E-state index in [0.29, 0.717) is 11.0 Å². The Morgan fingerprint density at radius 1 is 1.26 bits per heavy atom. The normalized spacial score (nSPS) is 13.7. The van der Waals surface area contributed by atoms with E-state index in [2.05, 4.69) is 37.2 Å². The van der Waals surface area contributed by atoms with Gasteiger partial charge in [0, 0.05) is 10.8 Å². The van der Waals surface area contributed by atoms with E-state index in [9.17, 15) is 4.79 Å². The molecule has 0 spiro atoms. The van der Waals surface area contributed by atoms with Gasteiger partial charge in [0.15, 0.2) is 10.3 Å². The summed E-state index contributed by atoms with van der Waals surface area (Å²) < 4.78 is 2.16. The molecule has 27 heavy (non-hydrogen) atoms. The minimum atomic E-state index is -0.0732. The maximum atomic E-state index is 12.3. The van der Waals surface area contributed by atoms with Crippen molar-refractivity contribution in [2.45, 2.75) is 44.3 Å². The number of benzene rings is 1. The van der Waals surface area contributed by atoms with Crippen LogP contribution in [0, 0.1) is 13.8 Å². The van der Waals surface area contributed by atoms with Gasteiger partial charge < -0.3 is 9.88 Å². The summed E-state index contributed by atoms with van der Waals surface area (Å²) in [6, 6.07) is 10.3. The first-order chi connectivity index (χ1) is 13.1. The maximum Gasteiger partial charge on any atom is 0.236 e. The molecule has 0 unspecified atom stereocenters. The molecule has 3 aromatic rings. The van der Waals surface area contributed by atoms with E-state index in [-0.39, 0.29) is 11.7 Å². The minimum Gasteiger partial charge on any atom is -0.301 e. The van der Waals surface area contributed by atoms with Crippen LogP contribution >= 0.6 is 23.1 Å². The van der Waals surface area contributed by atoms with Crippen molar-refractivity contribution in [2.75, 3.05) is 11.1 Å². The first kappa shape index (κ1) is 18.2. The van der Waals surface area contributed by atoms with Crippen molar-refractivity contribution >= 4 is 34.1 Å². The van der Waals surface area contributed by atoms with Crippen LogP contribution < -0.4 is 5.32 Å². The van der Waals surface area contributed by atoms with Crippen molar-refractivity contribution in [3.05, 3.63) is 52.3 Å². The van der Waals surface area contributed by atoms with Crippen LogP contribution in [-0.2, 0) is 11.3 Å². The number of carbonyl (C=O) groups excluding carboxylic acids is 1. The van der Waals surface area contributed by atoms with Gasteiger partial charge in [-0.1, -0.05) is 42.1 Å². The van der Waals surface area contributed by atoms with E-state index in [4.69, 9.17) is 0 Å².